The Morgan fingerprint density at radius 3 is 0.643 bits per heavy atom. The van der Waals surface area contributed by atoms with Crippen molar-refractivity contribution in [3.63, 3.8) is 0 Å². The lowest BCUT2D eigenvalue weighted by molar-refractivity contribution is -0.148. The molecular formula is C58H114O12. The van der Waals surface area contributed by atoms with Crippen LogP contribution in [0.3, 0.4) is 0 Å². The molecule has 0 aliphatic carbocycles. The molecular weight excluding hydrogens is 889 g/mol. The van der Waals surface area contributed by atoms with Crippen molar-refractivity contribution in [3.05, 3.63) is 0 Å². The van der Waals surface area contributed by atoms with Gasteiger partial charge < -0.3 is 40.1 Å². The minimum atomic E-state index is -0.954. The Kier molecular flexibility index (Phi) is 64.6. The first-order valence-corrected chi connectivity index (χ1v) is 29.4. The third-order valence-electron chi connectivity index (χ3n) is 12.8. The predicted molar refractivity (Wildman–Crippen MR) is 287 cm³/mol. The maximum absolute atomic E-state index is 11.4. The van der Waals surface area contributed by atoms with Gasteiger partial charge in [0.2, 0.25) is 0 Å². The van der Waals surface area contributed by atoms with Gasteiger partial charge in [0.25, 0.3) is 0 Å². The summed E-state index contributed by atoms with van der Waals surface area (Å²) >= 11 is 0. The second-order valence-electron chi connectivity index (χ2n) is 20.0. The fourth-order valence-corrected chi connectivity index (χ4v) is 8.23. The SMILES string of the molecule is CCCCCCCCCCCCCCCCCC(=O)OCC(O)CO.CCCCCCCCCCCCCCCCCC(=O)OCC(O)CO.O=C(O)CCCCCCCCCCCCCCC(=O)O. The van der Waals surface area contributed by atoms with Gasteiger partial charge in [0, 0.05) is 25.7 Å². The monoisotopic (exact) mass is 1000 g/mol. The zero-order valence-electron chi connectivity index (χ0n) is 45.6. The normalized spacial score (nSPS) is 11.8. The molecule has 418 valence electrons. The summed E-state index contributed by atoms with van der Waals surface area (Å²) in [5.74, 6) is -1.92. The molecule has 0 spiro atoms. The van der Waals surface area contributed by atoms with E-state index in [1.165, 1.54) is 205 Å². The van der Waals surface area contributed by atoms with E-state index in [0.717, 1.165) is 64.2 Å². The molecule has 0 fully saturated rings. The molecule has 0 radical (unpaired) electrons. The van der Waals surface area contributed by atoms with Gasteiger partial charge in [0.15, 0.2) is 0 Å². The van der Waals surface area contributed by atoms with Crippen LogP contribution in [0.15, 0.2) is 0 Å². The molecule has 0 rings (SSSR count). The first-order chi connectivity index (χ1) is 34.0. The molecule has 0 aromatic carbocycles. The molecule has 0 aliphatic heterocycles. The fraction of sp³-hybridized carbons (Fsp3) is 0.931. The van der Waals surface area contributed by atoms with E-state index >= 15 is 0 Å². The topological polar surface area (TPSA) is 208 Å². The van der Waals surface area contributed by atoms with E-state index in [2.05, 4.69) is 13.8 Å². The molecule has 0 saturated heterocycles. The van der Waals surface area contributed by atoms with Crippen molar-refractivity contribution >= 4 is 23.9 Å². The lowest BCUT2D eigenvalue weighted by atomic mass is 10.0. The van der Waals surface area contributed by atoms with Crippen molar-refractivity contribution in [1.82, 2.24) is 0 Å². The van der Waals surface area contributed by atoms with E-state index in [-0.39, 0.29) is 38.4 Å². The van der Waals surface area contributed by atoms with Crippen LogP contribution in [0.25, 0.3) is 0 Å². The molecule has 0 bridgehead atoms. The fourth-order valence-electron chi connectivity index (χ4n) is 8.23. The van der Waals surface area contributed by atoms with Crippen LogP contribution in [0, 0.1) is 0 Å². The van der Waals surface area contributed by atoms with Crippen molar-refractivity contribution in [2.45, 2.75) is 321 Å². The van der Waals surface area contributed by atoms with Crippen molar-refractivity contribution in [2.75, 3.05) is 26.4 Å². The number of carbonyl (C=O) groups is 4. The quantitative estimate of drug-likeness (QED) is 0.0248. The van der Waals surface area contributed by atoms with Crippen LogP contribution in [-0.4, -0.2) is 93.2 Å². The van der Waals surface area contributed by atoms with Gasteiger partial charge >= 0.3 is 23.9 Å². The Hall–Kier alpha value is -2.28. The largest absolute Gasteiger partial charge is 0.481 e. The maximum atomic E-state index is 11.4. The zero-order chi connectivity index (χ0) is 52.2. The van der Waals surface area contributed by atoms with Crippen LogP contribution in [-0.2, 0) is 28.7 Å². The summed E-state index contributed by atoms with van der Waals surface area (Å²) in [5.41, 5.74) is 0. The highest BCUT2D eigenvalue weighted by Crippen LogP contribution is 2.17. The lowest BCUT2D eigenvalue weighted by Gasteiger charge is -2.08. The minimum absolute atomic E-state index is 0.103. The Labute approximate surface area is 429 Å². The van der Waals surface area contributed by atoms with Gasteiger partial charge in [-0.1, -0.05) is 258 Å². The van der Waals surface area contributed by atoms with Crippen LogP contribution < -0.4 is 0 Å². The number of unbranched alkanes of at least 4 members (excludes halogenated alkanes) is 39. The highest BCUT2D eigenvalue weighted by Gasteiger charge is 2.09. The van der Waals surface area contributed by atoms with Gasteiger partial charge in [-0.15, -0.1) is 0 Å². The van der Waals surface area contributed by atoms with E-state index in [1.807, 2.05) is 0 Å². The van der Waals surface area contributed by atoms with Gasteiger partial charge in [0.05, 0.1) is 13.2 Å². The van der Waals surface area contributed by atoms with Crippen molar-refractivity contribution in [3.8, 4) is 0 Å². The Morgan fingerprint density at radius 2 is 0.471 bits per heavy atom. The summed E-state index contributed by atoms with van der Waals surface area (Å²) < 4.78 is 9.73. The number of aliphatic hydroxyl groups excluding tert-OH is 4. The number of carboxylic acid groups (broad SMARTS) is 2. The van der Waals surface area contributed by atoms with Crippen molar-refractivity contribution in [1.29, 1.82) is 0 Å². The number of carbonyl (C=O) groups excluding carboxylic acids is 2. The van der Waals surface area contributed by atoms with E-state index in [4.69, 9.17) is 40.1 Å². The molecule has 0 aromatic rings. The smallest absolute Gasteiger partial charge is 0.305 e. The number of ether oxygens (including phenoxy) is 2. The lowest BCUT2D eigenvalue weighted by Crippen LogP contribution is -2.21. The van der Waals surface area contributed by atoms with Crippen LogP contribution in [0.1, 0.15) is 309 Å². The Morgan fingerprint density at radius 1 is 0.300 bits per heavy atom. The number of aliphatic hydroxyl groups is 4. The molecule has 2 atom stereocenters. The zero-order valence-corrected chi connectivity index (χ0v) is 45.6. The van der Waals surface area contributed by atoms with Crippen LogP contribution in [0.4, 0.5) is 0 Å². The van der Waals surface area contributed by atoms with Crippen molar-refractivity contribution in [2.24, 2.45) is 0 Å². The molecule has 0 aromatic heterocycles. The standard InChI is InChI=1S/2C21H42O4.C16H30O4/c2*1-2-3-4-5-6-7-8-9-10-11-12-13-14-15-16-17-21(24)25-19-20(23)18-22;17-15(18)13-11-9-7-5-3-1-2-4-6-8-10-12-14-16(19)20/h2*20,22-23H,2-19H2,1H3;1-14H2,(H,17,18)(H,19,20). The molecule has 70 heavy (non-hydrogen) atoms. The highest BCUT2D eigenvalue weighted by atomic mass is 16.5. The second-order valence-corrected chi connectivity index (χ2v) is 20.0. The van der Waals surface area contributed by atoms with E-state index in [0.29, 0.717) is 25.7 Å². The van der Waals surface area contributed by atoms with Gasteiger partial charge in [-0.2, -0.15) is 0 Å². The Balaban J connectivity index is -0.000000969. The minimum Gasteiger partial charge on any atom is -0.481 e. The van der Waals surface area contributed by atoms with Gasteiger partial charge in [-0.3, -0.25) is 19.2 Å². The molecule has 0 saturated carbocycles. The van der Waals surface area contributed by atoms with E-state index in [1.54, 1.807) is 0 Å². The average Bonchev–Trinajstić information content (AvgIpc) is 3.35. The number of rotatable bonds is 53. The summed E-state index contributed by atoms with van der Waals surface area (Å²) in [5, 5.41) is 52.4. The van der Waals surface area contributed by atoms with Gasteiger partial charge in [0.1, 0.15) is 25.4 Å². The summed E-state index contributed by atoms with van der Waals surface area (Å²) in [6, 6.07) is 0. The number of esters is 2. The van der Waals surface area contributed by atoms with Crippen LogP contribution in [0.2, 0.25) is 0 Å². The third-order valence-corrected chi connectivity index (χ3v) is 12.8. The van der Waals surface area contributed by atoms with Crippen molar-refractivity contribution < 1.29 is 59.3 Å². The summed E-state index contributed by atoms with van der Waals surface area (Å²) in [4.78, 5) is 43.4. The third kappa shape index (κ3) is 70.0. The summed E-state index contributed by atoms with van der Waals surface area (Å²) in [6.07, 6.45) is 52.2. The first kappa shape index (κ1) is 72.0. The Bertz CT molecular complexity index is 991. The molecule has 6 N–H and O–H groups in total. The van der Waals surface area contributed by atoms with Crippen LogP contribution in [0.5, 0.6) is 0 Å². The number of carboxylic acids is 2. The molecule has 12 nitrogen and oxygen atoms in total. The number of hydrogen-bond donors (Lipinski definition) is 6. The molecule has 2 unspecified atom stereocenters. The first-order valence-electron chi connectivity index (χ1n) is 29.4. The average molecular weight is 1000 g/mol. The molecule has 12 heteroatoms. The maximum Gasteiger partial charge on any atom is 0.305 e. The highest BCUT2D eigenvalue weighted by molar-refractivity contribution is 5.69. The molecule has 0 heterocycles. The molecule has 0 aliphatic rings. The number of aliphatic carboxylic acids is 2. The van der Waals surface area contributed by atoms with E-state index in [9.17, 15) is 19.2 Å². The second kappa shape index (κ2) is 62.8. The predicted octanol–water partition coefficient (Wildman–Crippen LogP) is 14.9. The van der Waals surface area contributed by atoms with E-state index < -0.39 is 24.1 Å². The summed E-state index contributed by atoms with van der Waals surface area (Å²) in [6.45, 7) is 3.59. The van der Waals surface area contributed by atoms with Gasteiger partial charge in [-0.05, 0) is 25.7 Å². The number of hydrogen-bond acceptors (Lipinski definition) is 10. The van der Waals surface area contributed by atoms with Gasteiger partial charge in [-0.25, -0.2) is 0 Å². The summed E-state index contributed by atoms with van der Waals surface area (Å²) in [7, 11) is 0. The van der Waals surface area contributed by atoms with Crippen LogP contribution >= 0.6 is 0 Å². The molecule has 0 amide bonds.